The summed E-state index contributed by atoms with van der Waals surface area (Å²) < 4.78 is 18.3. The topological polar surface area (TPSA) is 55.1 Å². The highest BCUT2D eigenvalue weighted by molar-refractivity contribution is 5.91. The van der Waals surface area contributed by atoms with Gasteiger partial charge in [-0.3, -0.25) is 4.79 Å². The molecule has 0 radical (unpaired) electrons. The maximum Gasteiger partial charge on any atom is 0.244 e. The number of carbonyl (C=O) groups is 1. The molecular formula is C15H15FN2O2. The molecule has 1 aromatic heterocycles. The normalized spacial score (nSPS) is 10.9. The zero-order valence-corrected chi connectivity index (χ0v) is 11.3. The summed E-state index contributed by atoms with van der Waals surface area (Å²) in [5.41, 5.74) is 1.44. The summed E-state index contributed by atoms with van der Waals surface area (Å²) in [6.45, 7) is 3.88. The Morgan fingerprint density at radius 2 is 2.25 bits per heavy atom. The van der Waals surface area contributed by atoms with Crippen molar-refractivity contribution in [3.8, 4) is 0 Å². The van der Waals surface area contributed by atoms with Crippen molar-refractivity contribution in [3.05, 3.63) is 59.1 Å². The van der Waals surface area contributed by atoms with Crippen molar-refractivity contribution in [1.82, 2.24) is 10.3 Å². The number of nitrogens with zero attached hydrogens (tertiary/aromatic N) is 1. The van der Waals surface area contributed by atoms with E-state index >= 15 is 0 Å². The molecule has 0 aliphatic heterocycles. The minimum absolute atomic E-state index is 0.223. The monoisotopic (exact) mass is 274 g/mol. The van der Waals surface area contributed by atoms with Crippen LogP contribution in [-0.4, -0.2) is 10.9 Å². The second-order valence-electron chi connectivity index (χ2n) is 4.36. The molecule has 1 heterocycles. The van der Waals surface area contributed by atoms with E-state index in [9.17, 15) is 9.18 Å². The van der Waals surface area contributed by atoms with Crippen LogP contribution in [0.3, 0.4) is 0 Å². The number of oxazole rings is 1. The molecular weight excluding hydrogens is 259 g/mol. The first-order valence-electron chi connectivity index (χ1n) is 6.19. The van der Waals surface area contributed by atoms with Crippen molar-refractivity contribution < 1.29 is 13.6 Å². The van der Waals surface area contributed by atoms with Gasteiger partial charge >= 0.3 is 0 Å². The third-order valence-corrected chi connectivity index (χ3v) is 2.76. The number of nitrogens with one attached hydrogen (secondary N) is 1. The second-order valence-corrected chi connectivity index (χ2v) is 4.36. The molecule has 0 atom stereocenters. The number of aryl methyl sites for hydroxylation is 2. The van der Waals surface area contributed by atoms with Crippen LogP contribution in [0.1, 0.15) is 22.9 Å². The summed E-state index contributed by atoms with van der Waals surface area (Å²) in [5, 5.41) is 2.65. The number of carbonyl (C=O) groups excluding carboxylic acids is 1. The Kier molecular flexibility index (Phi) is 4.30. The van der Waals surface area contributed by atoms with Gasteiger partial charge < -0.3 is 9.73 Å². The lowest BCUT2D eigenvalue weighted by molar-refractivity contribution is -0.116. The quantitative estimate of drug-likeness (QED) is 0.872. The first-order valence-corrected chi connectivity index (χ1v) is 6.19. The van der Waals surface area contributed by atoms with Crippen LogP contribution in [0.25, 0.3) is 6.08 Å². The predicted octanol–water partition coefficient (Wildman–Crippen LogP) is 2.76. The van der Waals surface area contributed by atoms with Gasteiger partial charge in [0.05, 0.1) is 12.2 Å². The molecule has 0 bridgehead atoms. The molecule has 0 aliphatic rings. The molecule has 0 aliphatic carbocycles. The van der Waals surface area contributed by atoms with Crippen LogP contribution >= 0.6 is 0 Å². The highest BCUT2D eigenvalue weighted by Gasteiger charge is 2.05. The summed E-state index contributed by atoms with van der Waals surface area (Å²) in [6.07, 6.45) is 2.89. The van der Waals surface area contributed by atoms with Crippen molar-refractivity contribution in [2.75, 3.05) is 0 Å². The fourth-order valence-electron chi connectivity index (χ4n) is 1.62. The maximum absolute atomic E-state index is 12.9. The van der Waals surface area contributed by atoms with Gasteiger partial charge in [-0.15, -0.1) is 0 Å². The number of benzene rings is 1. The minimum Gasteiger partial charge on any atom is -0.444 e. The Balaban J connectivity index is 1.89. The lowest BCUT2D eigenvalue weighted by Gasteiger charge is -1.98. The number of hydrogen-bond donors (Lipinski definition) is 1. The molecule has 20 heavy (non-hydrogen) atoms. The second kappa shape index (κ2) is 6.14. The molecule has 104 valence electrons. The molecule has 5 heteroatoms. The molecule has 4 nitrogen and oxygen atoms in total. The number of rotatable bonds is 4. The average molecular weight is 274 g/mol. The Morgan fingerprint density at radius 3 is 2.90 bits per heavy atom. The molecule has 1 aromatic carbocycles. The summed E-state index contributed by atoms with van der Waals surface area (Å²) >= 11 is 0. The largest absolute Gasteiger partial charge is 0.444 e. The van der Waals surface area contributed by atoms with E-state index in [-0.39, 0.29) is 18.3 Å². The van der Waals surface area contributed by atoms with Crippen LogP contribution in [0.15, 0.2) is 34.8 Å². The van der Waals surface area contributed by atoms with Crippen molar-refractivity contribution in [1.29, 1.82) is 0 Å². The van der Waals surface area contributed by atoms with E-state index in [0.717, 1.165) is 11.5 Å². The lowest BCUT2D eigenvalue weighted by atomic mass is 10.2. The highest BCUT2D eigenvalue weighted by Crippen LogP contribution is 2.08. The third kappa shape index (κ3) is 3.78. The molecule has 1 N–H and O–H groups in total. The Morgan fingerprint density at radius 1 is 1.45 bits per heavy atom. The summed E-state index contributed by atoms with van der Waals surface area (Å²) in [7, 11) is 0. The van der Waals surface area contributed by atoms with Gasteiger partial charge in [-0.1, -0.05) is 12.1 Å². The van der Waals surface area contributed by atoms with Crippen molar-refractivity contribution >= 4 is 12.0 Å². The standard InChI is InChI=1S/C15H15FN2O2/c1-10-11(2)20-15(18-10)9-17-14(19)7-6-12-4-3-5-13(16)8-12/h3-8H,9H2,1-2H3,(H,17,19)/b7-6+. The first-order chi connectivity index (χ1) is 9.54. The van der Waals surface area contributed by atoms with Gasteiger partial charge in [0.15, 0.2) is 0 Å². The van der Waals surface area contributed by atoms with Crippen LogP contribution in [0.5, 0.6) is 0 Å². The van der Waals surface area contributed by atoms with Gasteiger partial charge in [-0.05, 0) is 37.6 Å². The number of hydrogen-bond acceptors (Lipinski definition) is 3. The molecule has 0 unspecified atom stereocenters. The van der Waals surface area contributed by atoms with E-state index < -0.39 is 0 Å². The van der Waals surface area contributed by atoms with Gasteiger partial charge in [0.25, 0.3) is 0 Å². The number of amides is 1. The summed E-state index contributed by atoms with van der Waals surface area (Å²) in [4.78, 5) is 15.8. The van der Waals surface area contributed by atoms with E-state index in [0.29, 0.717) is 11.5 Å². The summed E-state index contributed by atoms with van der Waals surface area (Å²) in [6, 6.07) is 6.01. The van der Waals surface area contributed by atoms with Crippen molar-refractivity contribution in [3.63, 3.8) is 0 Å². The lowest BCUT2D eigenvalue weighted by Crippen LogP contribution is -2.20. The smallest absolute Gasteiger partial charge is 0.244 e. The molecule has 0 fully saturated rings. The fourth-order valence-corrected chi connectivity index (χ4v) is 1.62. The third-order valence-electron chi connectivity index (χ3n) is 2.76. The van der Waals surface area contributed by atoms with Gasteiger partial charge in [-0.2, -0.15) is 0 Å². The first kappa shape index (κ1) is 14.0. The Labute approximate surface area is 116 Å². The van der Waals surface area contributed by atoms with Gasteiger partial charge in [0, 0.05) is 6.08 Å². The number of halogens is 1. The van der Waals surface area contributed by atoms with Gasteiger partial charge in [-0.25, -0.2) is 9.37 Å². The van der Waals surface area contributed by atoms with Crippen LogP contribution in [0.4, 0.5) is 4.39 Å². The van der Waals surface area contributed by atoms with Gasteiger partial charge in [0.2, 0.25) is 11.8 Å². The molecule has 1 amide bonds. The van der Waals surface area contributed by atoms with Crippen LogP contribution < -0.4 is 5.32 Å². The van der Waals surface area contributed by atoms with Gasteiger partial charge in [0.1, 0.15) is 11.6 Å². The fraction of sp³-hybridized carbons (Fsp3) is 0.200. The predicted molar refractivity (Wildman–Crippen MR) is 73.3 cm³/mol. The molecule has 0 saturated heterocycles. The van der Waals surface area contributed by atoms with Crippen molar-refractivity contribution in [2.45, 2.75) is 20.4 Å². The van der Waals surface area contributed by atoms with E-state index in [2.05, 4.69) is 10.3 Å². The Bertz CT molecular complexity index is 628. The van der Waals surface area contributed by atoms with E-state index in [1.165, 1.54) is 18.2 Å². The molecule has 2 aromatic rings. The van der Waals surface area contributed by atoms with E-state index in [1.54, 1.807) is 18.2 Å². The average Bonchev–Trinajstić information content (AvgIpc) is 2.73. The highest BCUT2D eigenvalue weighted by atomic mass is 19.1. The SMILES string of the molecule is Cc1nc(CNC(=O)/C=C/c2cccc(F)c2)oc1C. The summed E-state index contributed by atoms with van der Waals surface area (Å²) in [5.74, 6) is 0.582. The molecule has 0 spiro atoms. The van der Waals surface area contributed by atoms with E-state index in [1.807, 2.05) is 13.8 Å². The Hall–Kier alpha value is -2.43. The zero-order valence-electron chi connectivity index (χ0n) is 11.3. The molecule has 2 rings (SSSR count). The van der Waals surface area contributed by atoms with Crippen molar-refractivity contribution in [2.24, 2.45) is 0 Å². The van der Waals surface area contributed by atoms with E-state index in [4.69, 9.17) is 4.42 Å². The molecule has 0 saturated carbocycles. The van der Waals surface area contributed by atoms with Crippen LogP contribution in [0.2, 0.25) is 0 Å². The minimum atomic E-state index is -0.335. The zero-order chi connectivity index (χ0) is 14.5. The van der Waals surface area contributed by atoms with Crippen LogP contribution in [-0.2, 0) is 11.3 Å². The van der Waals surface area contributed by atoms with Crippen LogP contribution in [0, 0.1) is 19.7 Å². The number of aromatic nitrogens is 1. The maximum atomic E-state index is 12.9.